The highest BCUT2D eigenvalue weighted by Crippen LogP contribution is 2.21. The predicted octanol–water partition coefficient (Wildman–Crippen LogP) is 3.97. The zero-order valence-corrected chi connectivity index (χ0v) is 16.6. The Morgan fingerprint density at radius 3 is 2.23 bits per heavy atom. The van der Waals surface area contributed by atoms with Crippen LogP contribution in [0, 0.1) is 10.1 Å². The monoisotopic (exact) mass is 425 g/mol. The van der Waals surface area contributed by atoms with E-state index in [-0.39, 0.29) is 22.2 Å². The van der Waals surface area contributed by atoms with Crippen molar-refractivity contribution < 1.29 is 18.1 Å². The van der Waals surface area contributed by atoms with E-state index in [1.165, 1.54) is 6.07 Å². The number of rotatable bonds is 8. The predicted molar refractivity (Wildman–Crippen MR) is 114 cm³/mol. The molecule has 3 aromatic rings. The van der Waals surface area contributed by atoms with Gasteiger partial charge in [0.1, 0.15) is 0 Å². The van der Waals surface area contributed by atoms with Crippen LogP contribution in [0.1, 0.15) is 12.0 Å². The Balaban J connectivity index is 1.64. The first-order valence-electron chi connectivity index (χ1n) is 9.04. The van der Waals surface area contributed by atoms with E-state index < -0.39 is 14.9 Å². The summed E-state index contributed by atoms with van der Waals surface area (Å²) in [4.78, 5) is 22.2. The number of anilines is 2. The van der Waals surface area contributed by atoms with Crippen LogP contribution >= 0.6 is 0 Å². The summed E-state index contributed by atoms with van der Waals surface area (Å²) < 4.78 is 27.4. The van der Waals surface area contributed by atoms with Gasteiger partial charge in [-0.2, -0.15) is 0 Å². The van der Waals surface area contributed by atoms with E-state index in [1.54, 1.807) is 18.2 Å². The number of nitro benzene ring substituents is 1. The van der Waals surface area contributed by atoms with Crippen LogP contribution in [-0.2, 0) is 21.2 Å². The smallest absolute Gasteiger partial charge is 0.269 e. The molecular weight excluding hydrogens is 406 g/mol. The van der Waals surface area contributed by atoms with Gasteiger partial charge in [-0.15, -0.1) is 0 Å². The molecule has 0 aromatic heterocycles. The standard InChI is InChI=1S/C21H19N3O5S/c25-21(14-9-16-5-2-1-3-6-16)22-17-7-4-8-18(15-17)23-30(28,29)20-12-10-19(11-13-20)24(26)27/h1-8,10-13,15,23H,9,14H2,(H,22,25). The lowest BCUT2D eigenvalue weighted by Crippen LogP contribution is -2.14. The van der Waals surface area contributed by atoms with Crippen molar-refractivity contribution in [3.05, 3.63) is 94.5 Å². The highest BCUT2D eigenvalue weighted by molar-refractivity contribution is 7.92. The number of hydrogen-bond acceptors (Lipinski definition) is 5. The molecule has 1 amide bonds. The number of nitrogens with zero attached hydrogens (tertiary/aromatic N) is 1. The minimum absolute atomic E-state index is 0.106. The molecule has 0 bridgehead atoms. The third-order valence-corrected chi connectivity index (χ3v) is 5.64. The van der Waals surface area contributed by atoms with Crippen molar-refractivity contribution in [2.45, 2.75) is 17.7 Å². The van der Waals surface area contributed by atoms with Crippen molar-refractivity contribution in [2.24, 2.45) is 0 Å². The van der Waals surface area contributed by atoms with Crippen molar-refractivity contribution in [2.75, 3.05) is 10.0 Å². The van der Waals surface area contributed by atoms with Crippen molar-refractivity contribution >= 4 is 33.0 Å². The van der Waals surface area contributed by atoms with Crippen LogP contribution in [-0.4, -0.2) is 19.2 Å². The van der Waals surface area contributed by atoms with Crippen LogP contribution in [0.25, 0.3) is 0 Å². The second-order valence-electron chi connectivity index (χ2n) is 6.47. The van der Waals surface area contributed by atoms with E-state index >= 15 is 0 Å². The van der Waals surface area contributed by atoms with Crippen LogP contribution in [0.3, 0.4) is 0 Å². The normalized spacial score (nSPS) is 10.9. The van der Waals surface area contributed by atoms with Gasteiger partial charge in [-0.05, 0) is 42.3 Å². The third kappa shape index (κ3) is 5.65. The molecule has 0 unspecified atom stereocenters. The molecule has 3 rings (SSSR count). The summed E-state index contributed by atoms with van der Waals surface area (Å²) in [7, 11) is -3.93. The van der Waals surface area contributed by atoms with Gasteiger partial charge in [0.15, 0.2) is 0 Å². The Kier molecular flexibility index (Phi) is 6.43. The maximum atomic E-state index is 12.5. The molecular formula is C21H19N3O5S. The topological polar surface area (TPSA) is 118 Å². The molecule has 0 heterocycles. The number of nitrogens with one attached hydrogen (secondary N) is 2. The fourth-order valence-electron chi connectivity index (χ4n) is 2.75. The van der Waals surface area contributed by atoms with E-state index in [0.29, 0.717) is 18.5 Å². The van der Waals surface area contributed by atoms with E-state index in [2.05, 4.69) is 10.0 Å². The second kappa shape index (κ2) is 9.19. The average molecular weight is 425 g/mol. The highest BCUT2D eigenvalue weighted by atomic mass is 32.2. The summed E-state index contributed by atoms with van der Waals surface area (Å²) in [6, 6.07) is 20.5. The van der Waals surface area contributed by atoms with Gasteiger partial charge in [0.05, 0.1) is 15.5 Å². The van der Waals surface area contributed by atoms with Crippen LogP contribution in [0.4, 0.5) is 17.1 Å². The van der Waals surface area contributed by atoms with E-state index in [0.717, 1.165) is 29.8 Å². The number of nitro groups is 1. The zero-order chi connectivity index (χ0) is 21.6. The Hall–Kier alpha value is -3.72. The number of amides is 1. The van der Waals surface area contributed by atoms with Crippen molar-refractivity contribution in [1.29, 1.82) is 0 Å². The maximum Gasteiger partial charge on any atom is 0.269 e. The van der Waals surface area contributed by atoms with Gasteiger partial charge in [0.2, 0.25) is 5.91 Å². The summed E-state index contributed by atoms with van der Waals surface area (Å²) in [6.07, 6.45) is 0.891. The highest BCUT2D eigenvalue weighted by Gasteiger charge is 2.16. The lowest BCUT2D eigenvalue weighted by molar-refractivity contribution is -0.384. The Morgan fingerprint density at radius 2 is 1.57 bits per heavy atom. The Morgan fingerprint density at radius 1 is 0.900 bits per heavy atom. The fraction of sp³-hybridized carbons (Fsp3) is 0.0952. The number of carbonyl (C=O) groups is 1. The summed E-state index contributed by atoms with van der Waals surface area (Å²) >= 11 is 0. The maximum absolute atomic E-state index is 12.5. The lowest BCUT2D eigenvalue weighted by Gasteiger charge is -2.10. The zero-order valence-electron chi connectivity index (χ0n) is 15.8. The first kappa shape index (κ1) is 21.0. The quantitative estimate of drug-likeness (QED) is 0.418. The van der Waals surface area contributed by atoms with Gasteiger partial charge < -0.3 is 5.32 Å². The molecule has 154 valence electrons. The number of benzene rings is 3. The molecule has 0 saturated carbocycles. The summed E-state index contributed by atoms with van der Waals surface area (Å²) in [6.45, 7) is 0. The van der Waals surface area contributed by atoms with Crippen LogP contribution in [0.5, 0.6) is 0 Å². The number of aryl methyl sites for hydroxylation is 1. The molecule has 8 nitrogen and oxygen atoms in total. The van der Waals surface area contributed by atoms with Gasteiger partial charge in [0.25, 0.3) is 15.7 Å². The fourth-order valence-corrected chi connectivity index (χ4v) is 3.80. The van der Waals surface area contributed by atoms with Gasteiger partial charge >= 0.3 is 0 Å². The number of carbonyl (C=O) groups excluding carboxylic acids is 1. The molecule has 9 heteroatoms. The SMILES string of the molecule is O=C(CCc1ccccc1)Nc1cccc(NS(=O)(=O)c2ccc([N+](=O)[O-])cc2)c1. The van der Waals surface area contributed by atoms with Crippen molar-refractivity contribution in [3.63, 3.8) is 0 Å². The molecule has 0 fully saturated rings. The second-order valence-corrected chi connectivity index (χ2v) is 8.15. The van der Waals surface area contributed by atoms with Gasteiger partial charge in [-0.3, -0.25) is 19.6 Å². The summed E-state index contributed by atoms with van der Waals surface area (Å²) in [5, 5.41) is 13.5. The van der Waals surface area contributed by atoms with Gasteiger partial charge in [-0.25, -0.2) is 8.42 Å². The van der Waals surface area contributed by atoms with Gasteiger partial charge in [-0.1, -0.05) is 36.4 Å². The first-order chi connectivity index (χ1) is 14.3. The minimum Gasteiger partial charge on any atom is -0.326 e. The summed E-state index contributed by atoms with van der Waals surface area (Å²) in [5.74, 6) is -0.186. The van der Waals surface area contributed by atoms with Crippen LogP contribution in [0.2, 0.25) is 0 Å². The third-order valence-electron chi connectivity index (χ3n) is 4.24. The molecule has 0 aliphatic rings. The molecule has 0 spiro atoms. The van der Waals surface area contributed by atoms with Crippen molar-refractivity contribution in [1.82, 2.24) is 0 Å². The molecule has 2 N–H and O–H groups in total. The van der Waals surface area contributed by atoms with E-state index in [4.69, 9.17) is 0 Å². The van der Waals surface area contributed by atoms with Crippen molar-refractivity contribution in [3.8, 4) is 0 Å². The summed E-state index contributed by atoms with van der Waals surface area (Å²) in [5.41, 5.74) is 1.57. The molecule has 3 aromatic carbocycles. The largest absolute Gasteiger partial charge is 0.326 e. The molecule has 0 saturated heterocycles. The minimum atomic E-state index is -3.93. The average Bonchev–Trinajstić information content (AvgIpc) is 2.73. The molecule has 0 aliphatic heterocycles. The van der Waals surface area contributed by atoms with Gasteiger partial charge in [0, 0.05) is 24.2 Å². The Bertz CT molecular complexity index is 1150. The lowest BCUT2D eigenvalue weighted by atomic mass is 10.1. The number of sulfonamides is 1. The Labute approximate surface area is 173 Å². The molecule has 0 radical (unpaired) electrons. The van der Waals surface area contributed by atoms with Crippen LogP contribution < -0.4 is 10.0 Å². The first-order valence-corrected chi connectivity index (χ1v) is 10.5. The molecule has 0 atom stereocenters. The number of non-ortho nitro benzene ring substituents is 1. The van der Waals surface area contributed by atoms with E-state index in [1.807, 2.05) is 30.3 Å². The number of hydrogen-bond donors (Lipinski definition) is 2. The van der Waals surface area contributed by atoms with E-state index in [9.17, 15) is 23.3 Å². The van der Waals surface area contributed by atoms with Crippen LogP contribution in [0.15, 0.2) is 83.8 Å². The molecule has 30 heavy (non-hydrogen) atoms. The molecule has 0 aliphatic carbocycles.